The first-order valence-corrected chi connectivity index (χ1v) is 7.14. The molecule has 0 radical (unpaired) electrons. The highest BCUT2D eigenvalue weighted by molar-refractivity contribution is 5.50. The van der Waals surface area contributed by atoms with Crippen LogP contribution in [0.4, 0.5) is 36.8 Å². The molecule has 0 unspecified atom stereocenters. The number of nitrogens with two attached hydrogens (primary N) is 2. The Morgan fingerprint density at radius 2 is 1.50 bits per heavy atom. The van der Waals surface area contributed by atoms with Crippen LogP contribution in [0.3, 0.4) is 0 Å². The number of nitrogens with zero attached hydrogens (tertiary/aromatic N) is 6. The molecular weight excluding hydrogens is 325 g/mol. The molecule has 0 amide bonds. The second kappa shape index (κ2) is 5.98. The SMILES string of the molecule is Nc1nc(N)nc(N2CCN(c3ncccc3C(F)(F)F)CC2)n1. The first-order valence-electron chi connectivity index (χ1n) is 7.14. The van der Waals surface area contributed by atoms with Gasteiger partial charge in [-0.25, -0.2) is 4.98 Å². The summed E-state index contributed by atoms with van der Waals surface area (Å²) in [6, 6.07) is 2.31. The Balaban J connectivity index is 1.76. The molecule has 0 spiro atoms. The van der Waals surface area contributed by atoms with E-state index in [1.165, 1.54) is 12.3 Å². The molecule has 0 aliphatic carbocycles. The second-order valence-electron chi connectivity index (χ2n) is 5.20. The molecule has 2 aromatic heterocycles. The molecule has 1 fully saturated rings. The largest absolute Gasteiger partial charge is 0.419 e. The van der Waals surface area contributed by atoms with E-state index in [4.69, 9.17) is 11.5 Å². The fourth-order valence-electron chi connectivity index (χ4n) is 2.53. The van der Waals surface area contributed by atoms with E-state index < -0.39 is 11.7 Å². The summed E-state index contributed by atoms with van der Waals surface area (Å²) in [6.07, 6.45) is -3.10. The van der Waals surface area contributed by atoms with Gasteiger partial charge in [-0.2, -0.15) is 28.1 Å². The lowest BCUT2D eigenvalue weighted by Crippen LogP contribution is -2.48. The van der Waals surface area contributed by atoms with Crippen LogP contribution in [0.1, 0.15) is 5.56 Å². The Hall–Kier alpha value is -2.85. The van der Waals surface area contributed by atoms with Gasteiger partial charge in [0, 0.05) is 32.4 Å². The van der Waals surface area contributed by atoms with E-state index in [0.29, 0.717) is 32.1 Å². The highest BCUT2D eigenvalue weighted by Crippen LogP contribution is 2.35. The molecule has 1 saturated heterocycles. The van der Waals surface area contributed by atoms with Gasteiger partial charge in [0.1, 0.15) is 5.82 Å². The van der Waals surface area contributed by atoms with Gasteiger partial charge in [0.25, 0.3) is 0 Å². The highest BCUT2D eigenvalue weighted by atomic mass is 19.4. The third kappa shape index (κ3) is 3.24. The van der Waals surface area contributed by atoms with Crippen molar-refractivity contribution in [2.24, 2.45) is 0 Å². The van der Waals surface area contributed by atoms with Crippen molar-refractivity contribution in [1.82, 2.24) is 19.9 Å². The molecule has 8 nitrogen and oxygen atoms in total. The van der Waals surface area contributed by atoms with E-state index >= 15 is 0 Å². The van der Waals surface area contributed by atoms with E-state index in [-0.39, 0.29) is 17.7 Å². The van der Waals surface area contributed by atoms with Gasteiger partial charge in [-0.1, -0.05) is 0 Å². The van der Waals surface area contributed by atoms with Gasteiger partial charge < -0.3 is 21.3 Å². The Labute approximate surface area is 135 Å². The summed E-state index contributed by atoms with van der Waals surface area (Å²) in [4.78, 5) is 19.0. The van der Waals surface area contributed by atoms with Gasteiger partial charge in [-0.05, 0) is 12.1 Å². The van der Waals surface area contributed by atoms with Crippen molar-refractivity contribution in [3.63, 3.8) is 0 Å². The number of piperazine rings is 1. The molecule has 11 heteroatoms. The molecular formula is C13H15F3N8. The average molecular weight is 340 g/mol. The van der Waals surface area contributed by atoms with Gasteiger partial charge in [0.05, 0.1) is 5.56 Å². The Bertz CT molecular complexity index is 707. The van der Waals surface area contributed by atoms with Crippen LogP contribution >= 0.6 is 0 Å². The maximum atomic E-state index is 13.1. The van der Waals surface area contributed by atoms with Crippen molar-refractivity contribution in [2.75, 3.05) is 47.4 Å². The summed E-state index contributed by atoms with van der Waals surface area (Å²) in [5.41, 5.74) is 10.3. The third-order valence-corrected chi connectivity index (χ3v) is 3.61. The quantitative estimate of drug-likeness (QED) is 0.825. The second-order valence-corrected chi connectivity index (χ2v) is 5.20. The highest BCUT2D eigenvalue weighted by Gasteiger charge is 2.36. The Morgan fingerprint density at radius 3 is 2.08 bits per heavy atom. The minimum Gasteiger partial charge on any atom is -0.368 e. The van der Waals surface area contributed by atoms with E-state index in [1.54, 1.807) is 9.80 Å². The van der Waals surface area contributed by atoms with Crippen molar-refractivity contribution in [3.05, 3.63) is 23.9 Å². The molecule has 2 aromatic rings. The smallest absolute Gasteiger partial charge is 0.368 e. The number of alkyl halides is 3. The first-order chi connectivity index (χ1) is 11.3. The summed E-state index contributed by atoms with van der Waals surface area (Å²) in [5, 5.41) is 0. The summed E-state index contributed by atoms with van der Waals surface area (Å²) >= 11 is 0. The van der Waals surface area contributed by atoms with E-state index in [2.05, 4.69) is 19.9 Å². The molecule has 0 atom stereocenters. The van der Waals surface area contributed by atoms with Crippen molar-refractivity contribution in [2.45, 2.75) is 6.18 Å². The zero-order chi connectivity index (χ0) is 17.3. The normalized spacial score (nSPS) is 15.6. The number of hydrogen-bond acceptors (Lipinski definition) is 8. The summed E-state index contributed by atoms with van der Waals surface area (Å²) in [6.45, 7) is 1.50. The minimum absolute atomic E-state index is 0.00372. The minimum atomic E-state index is -4.45. The van der Waals surface area contributed by atoms with Crippen LogP contribution in [0.15, 0.2) is 18.3 Å². The molecule has 1 aliphatic rings. The maximum Gasteiger partial charge on any atom is 0.419 e. The lowest BCUT2D eigenvalue weighted by molar-refractivity contribution is -0.137. The van der Waals surface area contributed by atoms with Gasteiger partial charge in [0.15, 0.2) is 0 Å². The molecule has 3 heterocycles. The predicted molar refractivity (Wildman–Crippen MR) is 82.3 cm³/mol. The van der Waals surface area contributed by atoms with Gasteiger partial charge in [0.2, 0.25) is 17.8 Å². The first kappa shape index (κ1) is 16.0. The van der Waals surface area contributed by atoms with Crippen LogP contribution in [0.2, 0.25) is 0 Å². The van der Waals surface area contributed by atoms with E-state index in [1.807, 2.05) is 0 Å². The van der Waals surface area contributed by atoms with Crippen LogP contribution in [-0.4, -0.2) is 46.1 Å². The average Bonchev–Trinajstić information content (AvgIpc) is 2.53. The fourth-order valence-corrected chi connectivity index (χ4v) is 2.53. The Kier molecular flexibility index (Phi) is 3.99. The molecule has 0 saturated carbocycles. The summed E-state index contributed by atoms with van der Waals surface area (Å²) in [7, 11) is 0. The number of nitrogen functional groups attached to an aromatic ring is 2. The maximum absolute atomic E-state index is 13.1. The van der Waals surface area contributed by atoms with Crippen LogP contribution in [-0.2, 0) is 6.18 Å². The fraction of sp³-hybridized carbons (Fsp3) is 0.385. The van der Waals surface area contributed by atoms with Gasteiger partial charge in [-0.15, -0.1) is 0 Å². The van der Waals surface area contributed by atoms with Crippen molar-refractivity contribution >= 4 is 23.7 Å². The number of halogens is 3. The Morgan fingerprint density at radius 1 is 0.917 bits per heavy atom. The summed E-state index contributed by atoms with van der Waals surface area (Å²) in [5.74, 6) is 0.254. The third-order valence-electron chi connectivity index (χ3n) is 3.61. The van der Waals surface area contributed by atoms with Crippen molar-refractivity contribution in [3.8, 4) is 0 Å². The van der Waals surface area contributed by atoms with Crippen molar-refractivity contribution in [1.29, 1.82) is 0 Å². The number of anilines is 4. The van der Waals surface area contributed by atoms with Gasteiger partial charge >= 0.3 is 6.18 Å². The van der Waals surface area contributed by atoms with Gasteiger partial charge in [-0.3, -0.25) is 0 Å². The molecule has 4 N–H and O–H groups in total. The number of pyridine rings is 1. The number of hydrogen-bond donors (Lipinski definition) is 2. The zero-order valence-corrected chi connectivity index (χ0v) is 12.5. The van der Waals surface area contributed by atoms with Crippen molar-refractivity contribution < 1.29 is 13.2 Å². The molecule has 3 rings (SSSR count). The summed E-state index contributed by atoms with van der Waals surface area (Å²) < 4.78 is 39.3. The molecule has 1 aliphatic heterocycles. The lowest BCUT2D eigenvalue weighted by atomic mass is 10.2. The topological polar surface area (TPSA) is 110 Å². The standard InChI is InChI=1S/C13H15F3N8/c14-13(15,16)8-2-1-3-19-9(8)23-4-6-24(7-5-23)12-21-10(17)20-11(18)22-12/h1-3H,4-7H2,(H4,17,18,20,21,22). The van der Waals surface area contributed by atoms with E-state index in [0.717, 1.165) is 6.07 Å². The van der Waals surface area contributed by atoms with Crippen LogP contribution in [0.5, 0.6) is 0 Å². The van der Waals surface area contributed by atoms with Crippen LogP contribution in [0, 0.1) is 0 Å². The van der Waals surface area contributed by atoms with Crippen LogP contribution < -0.4 is 21.3 Å². The molecule has 0 bridgehead atoms. The molecule has 0 aromatic carbocycles. The van der Waals surface area contributed by atoms with Crippen LogP contribution in [0.25, 0.3) is 0 Å². The molecule has 24 heavy (non-hydrogen) atoms. The monoisotopic (exact) mass is 340 g/mol. The molecule has 128 valence electrons. The predicted octanol–water partition coefficient (Wildman–Crippen LogP) is 0.776. The number of aromatic nitrogens is 4. The lowest BCUT2D eigenvalue weighted by Gasteiger charge is -2.36. The van der Waals surface area contributed by atoms with E-state index in [9.17, 15) is 13.2 Å². The number of rotatable bonds is 2. The zero-order valence-electron chi connectivity index (χ0n) is 12.5.